The average Bonchev–Trinajstić information content (AvgIpc) is 2.30. The second-order valence-corrected chi connectivity index (χ2v) is 5.23. The summed E-state index contributed by atoms with van der Waals surface area (Å²) in [5.74, 6) is -0.345. The second kappa shape index (κ2) is 6.36. The van der Waals surface area contributed by atoms with Gasteiger partial charge in [-0.25, -0.2) is 0 Å². The third kappa shape index (κ3) is 4.39. The Hall–Kier alpha value is -1.84. The van der Waals surface area contributed by atoms with E-state index in [9.17, 15) is 9.59 Å². The fourth-order valence-corrected chi connectivity index (χ4v) is 1.83. The number of aryl methyl sites for hydroxylation is 2. The molecule has 0 unspecified atom stereocenters. The molecule has 0 fully saturated rings. The fraction of sp³-hybridized carbons (Fsp3) is 0.467. The Bertz CT molecular complexity index is 481. The highest BCUT2D eigenvalue weighted by Crippen LogP contribution is 2.17. The van der Waals surface area contributed by atoms with Gasteiger partial charge in [-0.2, -0.15) is 0 Å². The van der Waals surface area contributed by atoms with Crippen LogP contribution in [-0.2, 0) is 9.59 Å². The predicted molar refractivity (Wildman–Crippen MR) is 77.0 cm³/mol. The minimum absolute atomic E-state index is 0.0361. The van der Waals surface area contributed by atoms with Gasteiger partial charge in [-0.15, -0.1) is 0 Å². The van der Waals surface area contributed by atoms with E-state index < -0.39 is 6.04 Å². The van der Waals surface area contributed by atoms with Crippen LogP contribution in [0.15, 0.2) is 18.2 Å². The summed E-state index contributed by atoms with van der Waals surface area (Å²) in [6.07, 6.45) is 0. The van der Waals surface area contributed by atoms with Gasteiger partial charge >= 0.3 is 0 Å². The molecule has 1 aromatic rings. The number of carbonyl (C=O) groups is 2. The van der Waals surface area contributed by atoms with Crippen LogP contribution in [0.5, 0.6) is 0 Å². The molecule has 0 heterocycles. The third-order valence-corrected chi connectivity index (χ3v) is 2.96. The van der Waals surface area contributed by atoms with E-state index in [-0.39, 0.29) is 17.7 Å². The van der Waals surface area contributed by atoms with Crippen molar-refractivity contribution in [2.45, 2.75) is 40.7 Å². The van der Waals surface area contributed by atoms with Gasteiger partial charge in [0, 0.05) is 12.6 Å². The normalized spacial score (nSPS) is 12.1. The van der Waals surface area contributed by atoms with E-state index in [4.69, 9.17) is 0 Å². The first-order valence-corrected chi connectivity index (χ1v) is 6.46. The van der Waals surface area contributed by atoms with Gasteiger partial charge in [0.2, 0.25) is 11.8 Å². The molecule has 104 valence electrons. The number of rotatable bonds is 4. The molecular weight excluding hydrogens is 240 g/mol. The van der Waals surface area contributed by atoms with Crippen LogP contribution >= 0.6 is 0 Å². The van der Waals surface area contributed by atoms with Crippen molar-refractivity contribution in [1.29, 1.82) is 0 Å². The van der Waals surface area contributed by atoms with Gasteiger partial charge in [-0.3, -0.25) is 9.59 Å². The summed E-state index contributed by atoms with van der Waals surface area (Å²) < 4.78 is 0. The van der Waals surface area contributed by atoms with Gasteiger partial charge < -0.3 is 10.6 Å². The molecule has 0 saturated carbocycles. The van der Waals surface area contributed by atoms with Crippen LogP contribution in [0.4, 0.5) is 5.69 Å². The Labute approximate surface area is 114 Å². The summed E-state index contributed by atoms with van der Waals surface area (Å²) in [5, 5.41) is 5.57. The standard InChI is InChI=1S/C15H22N2O2/c1-9(2)14(16-12(5)18)15(19)17-13-8-10(3)6-7-11(13)4/h6-9,14H,1-5H3,(H,16,18)(H,17,19)/t14-/m1/s1. The molecule has 0 saturated heterocycles. The monoisotopic (exact) mass is 262 g/mol. The molecule has 4 nitrogen and oxygen atoms in total. The molecule has 2 amide bonds. The number of hydrogen-bond donors (Lipinski definition) is 2. The number of amides is 2. The molecule has 19 heavy (non-hydrogen) atoms. The number of anilines is 1. The quantitative estimate of drug-likeness (QED) is 0.875. The molecule has 0 radical (unpaired) electrons. The summed E-state index contributed by atoms with van der Waals surface area (Å²) in [6, 6.07) is 5.38. The van der Waals surface area contributed by atoms with E-state index in [1.54, 1.807) is 0 Å². The molecule has 2 N–H and O–H groups in total. The average molecular weight is 262 g/mol. The van der Waals surface area contributed by atoms with Crippen LogP contribution in [0, 0.1) is 19.8 Å². The Kier molecular flexibility index (Phi) is 5.10. The van der Waals surface area contributed by atoms with E-state index in [0.29, 0.717) is 0 Å². The number of carbonyl (C=O) groups excluding carboxylic acids is 2. The summed E-state index contributed by atoms with van der Waals surface area (Å²) in [7, 11) is 0. The molecule has 1 atom stereocenters. The van der Waals surface area contributed by atoms with Crippen LogP contribution in [0.1, 0.15) is 31.9 Å². The Balaban J connectivity index is 2.87. The van der Waals surface area contributed by atoms with E-state index in [1.807, 2.05) is 45.9 Å². The fourth-order valence-electron chi connectivity index (χ4n) is 1.83. The molecule has 1 rings (SSSR count). The van der Waals surface area contributed by atoms with Gasteiger partial charge in [-0.05, 0) is 37.0 Å². The van der Waals surface area contributed by atoms with Crippen molar-refractivity contribution in [3.05, 3.63) is 29.3 Å². The smallest absolute Gasteiger partial charge is 0.247 e. The topological polar surface area (TPSA) is 58.2 Å². The van der Waals surface area contributed by atoms with Crippen LogP contribution in [0.25, 0.3) is 0 Å². The second-order valence-electron chi connectivity index (χ2n) is 5.23. The van der Waals surface area contributed by atoms with Gasteiger partial charge in [0.15, 0.2) is 0 Å². The lowest BCUT2D eigenvalue weighted by Crippen LogP contribution is -2.46. The molecular formula is C15H22N2O2. The zero-order valence-corrected chi connectivity index (χ0v) is 12.2. The lowest BCUT2D eigenvalue weighted by molar-refractivity contribution is -0.126. The maximum Gasteiger partial charge on any atom is 0.247 e. The largest absolute Gasteiger partial charge is 0.344 e. The minimum Gasteiger partial charge on any atom is -0.344 e. The van der Waals surface area contributed by atoms with Crippen molar-refractivity contribution in [2.75, 3.05) is 5.32 Å². The maximum absolute atomic E-state index is 12.2. The van der Waals surface area contributed by atoms with Crippen molar-refractivity contribution in [3.63, 3.8) is 0 Å². The first-order valence-electron chi connectivity index (χ1n) is 6.46. The molecule has 0 aliphatic heterocycles. The Morgan fingerprint density at radius 1 is 1.16 bits per heavy atom. The maximum atomic E-state index is 12.2. The van der Waals surface area contributed by atoms with Crippen molar-refractivity contribution >= 4 is 17.5 Å². The van der Waals surface area contributed by atoms with Crippen LogP contribution in [0.3, 0.4) is 0 Å². The van der Waals surface area contributed by atoms with E-state index in [0.717, 1.165) is 16.8 Å². The highest BCUT2D eigenvalue weighted by Gasteiger charge is 2.23. The lowest BCUT2D eigenvalue weighted by Gasteiger charge is -2.21. The molecule has 0 aromatic heterocycles. The minimum atomic E-state index is -0.516. The summed E-state index contributed by atoms with van der Waals surface area (Å²) in [4.78, 5) is 23.4. The zero-order valence-electron chi connectivity index (χ0n) is 12.2. The van der Waals surface area contributed by atoms with E-state index in [1.165, 1.54) is 6.92 Å². The lowest BCUT2D eigenvalue weighted by atomic mass is 10.0. The third-order valence-electron chi connectivity index (χ3n) is 2.96. The molecule has 0 spiro atoms. The molecule has 4 heteroatoms. The van der Waals surface area contributed by atoms with Crippen molar-refractivity contribution in [2.24, 2.45) is 5.92 Å². The zero-order chi connectivity index (χ0) is 14.6. The summed E-state index contributed by atoms with van der Waals surface area (Å²) >= 11 is 0. The summed E-state index contributed by atoms with van der Waals surface area (Å²) in [5.41, 5.74) is 2.88. The molecule has 0 aliphatic rings. The number of benzene rings is 1. The number of nitrogens with one attached hydrogen (secondary N) is 2. The van der Waals surface area contributed by atoms with Crippen LogP contribution in [-0.4, -0.2) is 17.9 Å². The molecule has 0 aliphatic carbocycles. The first kappa shape index (κ1) is 15.2. The van der Waals surface area contributed by atoms with Crippen molar-refractivity contribution < 1.29 is 9.59 Å². The van der Waals surface area contributed by atoms with Crippen LogP contribution in [0.2, 0.25) is 0 Å². The van der Waals surface area contributed by atoms with Gasteiger partial charge in [0.05, 0.1) is 0 Å². The van der Waals surface area contributed by atoms with Gasteiger partial charge in [-0.1, -0.05) is 26.0 Å². The van der Waals surface area contributed by atoms with Crippen molar-refractivity contribution in [3.8, 4) is 0 Å². The molecule has 1 aromatic carbocycles. The van der Waals surface area contributed by atoms with Gasteiger partial charge in [0.1, 0.15) is 6.04 Å². The van der Waals surface area contributed by atoms with E-state index in [2.05, 4.69) is 10.6 Å². The SMILES string of the molecule is CC(=O)N[C@@H](C(=O)Nc1cc(C)ccc1C)C(C)C. The summed E-state index contributed by atoms with van der Waals surface area (Å²) in [6.45, 7) is 9.15. The number of hydrogen-bond acceptors (Lipinski definition) is 2. The highest BCUT2D eigenvalue weighted by molar-refractivity contribution is 5.97. The molecule has 0 bridgehead atoms. The first-order chi connectivity index (χ1) is 8.81. The van der Waals surface area contributed by atoms with E-state index >= 15 is 0 Å². The Morgan fingerprint density at radius 2 is 1.79 bits per heavy atom. The van der Waals surface area contributed by atoms with Gasteiger partial charge in [0.25, 0.3) is 0 Å². The highest BCUT2D eigenvalue weighted by atomic mass is 16.2. The van der Waals surface area contributed by atoms with Crippen molar-refractivity contribution in [1.82, 2.24) is 5.32 Å². The predicted octanol–water partition coefficient (Wildman–Crippen LogP) is 2.40. The Morgan fingerprint density at radius 3 is 2.32 bits per heavy atom. The van der Waals surface area contributed by atoms with Crippen LogP contribution < -0.4 is 10.6 Å².